The van der Waals surface area contributed by atoms with Gasteiger partial charge in [0, 0.05) is 16.1 Å². The third-order valence-electron chi connectivity index (χ3n) is 5.06. The third kappa shape index (κ3) is 4.44. The number of rotatable bonds is 6. The summed E-state index contributed by atoms with van der Waals surface area (Å²) in [5, 5.41) is 0.635. The number of aromatic nitrogens is 1. The normalized spacial score (nSPS) is 10.6. The molecule has 0 aliphatic carbocycles. The summed E-state index contributed by atoms with van der Waals surface area (Å²) < 4.78 is 6.00. The van der Waals surface area contributed by atoms with E-state index < -0.39 is 5.91 Å². The summed E-state index contributed by atoms with van der Waals surface area (Å²) >= 11 is 6.10. The van der Waals surface area contributed by atoms with E-state index in [2.05, 4.69) is 0 Å². The number of hydrogen-bond donors (Lipinski definition) is 1. The quantitative estimate of drug-likeness (QED) is 0.406. The van der Waals surface area contributed by atoms with E-state index >= 15 is 0 Å². The summed E-state index contributed by atoms with van der Waals surface area (Å²) in [6, 6.07) is 27.0. The highest BCUT2D eigenvalue weighted by Gasteiger charge is 2.23. The molecule has 0 unspecified atom stereocenters. The minimum absolute atomic E-state index is 0.221. The zero-order valence-electron chi connectivity index (χ0n) is 17.0. The highest BCUT2D eigenvalue weighted by Crippen LogP contribution is 2.38. The summed E-state index contributed by atoms with van der Waals surface area (Å²) in [5.41, 5.74) is 11.1. The number of primary amides is 1. The molecule has 2 N–H and O–H groups in total. The lowest BCUT2D eigenvalue weighted by Crippen LogP contribution is -2.17. The van der Waals surface area contributed by atoms with Crippen molar-refractivity contribution < 1.29 is 9.53 Å². The van der Waals surface area contributed by atoms with Gasteiger partial charge in [-0.25, -0.2) is 4.98 Å². The lowest BCUT2D eigenvalue weighted by atomic mass is 9.92. The average Bonchev–Trinajstić information content (AvgIpc) is 2.79. The molecule has 0 aliphatic rings. The van der Waals surface area contributed by atoms with Crippen LogP contribution in [0.25, 0.3) is 22.4 Å². The number of nitrogens with two attached hydrogens (primary N) is 1. The van der Waals surface area contributed by atoms with Crippen molar-refractivity contribution >= 4 is 17.5 Å². The SMILES string of the molecule is Cc1c(C(N)=O)c(OCc2ccccc2)nc(-c2ccc(Cl)cc2)c1-c1ccccc1. The Kier molecular flexibility index (Phi) is 6.01. The Hall–Kier alpha value is -3.63. The van der Waals surface area contributed by atoms with Gasteiger partial charge in [-0.2, -0.15) is 0 Å². The Morgan fingerprint density at radius 2 is 1.52 bits per heavy atom. The van der Waals surface area contributed by atoms with Crippen LogP contribution in [0.5, 0.6) is 5.88 Å². The van der Waals surface area contributed by atoms with Crippen molar-refractivity contribution in [1.82, 2.24) is 4.98 Å². The van der Waals surface area contributed by atoms with Crippen LogP contribution in [0.3, 0.4) is 0 Å². The van der Waals surface area contributed by atoms with Crippen LogP contribution in [0.2, 0.25) is 5.02 Å². The van der Waals surface area contributed by atoms with E-state index in [1.54, 1.807) is 0 Å². The molecule has 0 saturated heterocycles. The standard InChI is InChI=1S/C26H21ClN2O2/c1-17-22(19-10-6-3-7-11-19)24(20-12-14-21(27)15-13-20)29-26(23(17)25(28)30)31-16-18-8-4-2-5-9-18/h2-15H,16H2,1H3,(H2,28,30). The zero-order valence-corrected chi connectivity index (χ0v) is 17.8. The second kappa shape index (κ2) is 9.02. The molecule has 0 radical (unpaired) electrons. The predicted octanol–water partition coefficient (Wildman–Crippen LogP) is 6.06. The molecule has 4 rings (SSSR count). The molecule has 0 saturated carbocycles. The van der Waals surface area contributed by atoms with Crippen LogP contribution >= 0.6 is 11.6 Å². The predicted molar refractivity (Wildman–Crippen MR) is 124 cm³/mol. The van der Waals surface area contributed by atoms with Gasteiger partial charge in [0.2, 0.25) is 5.88 Å². The summed E-state index contributed by atoms with van der Waals surface area (Å²) in [6.45, 7) is 2.15. The van der Waals surface area contributed by atoms with Gasteiger partial charge in [0.05, 0.1) is 5.69 Å². The molecule has 4 nitrogen and oxygen atoms in total. The van der Waals surface area contributed by atoms with Crippen LogP contribution in [0.1, 0.15) is 21.5 Å². The smallest absolute Gasteiger partial charge is 0.254 e. The monoisotopic (exact) mass is 428 g/mol. The maximum absolute atomic E-state index is 12.4. The van der Waals surface area contributed by atoms with Crippen LogP contribution in [-0.2, 0) is 6.61 Å². The fourth-order valence-electron chi connectivity index (χ4n) is 3.57. The molecule has 1 amide bonds. The molecule has 0 fully saturated rings. The van der Waals surface area contributed by atoms with Gasteiger partial charge in [-0.05, 0) is 35.7 Å². The minimum Gasteiger partial charge on any atom is -0.472 e. The number of hydrogen-bond acceptors (Lipinski definition) is 3. The largest absolute Gasteiger partial charge is 0.472 e. The van der Waals surface area contributed by atoms with E-state index in [9.17, 15) is 4.79 Å². The van der Waals surface area contributed by atoms with Gasteiger partial charge < -0.3 is 10.5 Å². The topological polar surface area (TPSA) is 65.2 Å². The molecular formula is C26H21ClN2O2. The zero-order chi connectivity index (χ0) is 21.8. The van der Waals surface area contributed by atoms with Gasteiger partial charge in [0.15, 0.2) is 0 Å². The van der Waals surface area contributed by atoms with Crippen molar-refractivity contribution in [3.05, 3.63) is 107 Å². The van der Waals surface area contributed by atoms with E-state index in [-0.39, 0.29) is 18.1 Å². The van der Waals surface area contributed by atoms with Crippen molar-refractivity contribution in [2.75, 3.05) is 0 Å². The fraction of sp³-hybridized carbons (Fsp3) is 0.0769. The van der Waals surface area contributed by atoms with E-state index in [1.807, 2.05) is 91.9 Å². The molecule has 31 heavy (non-hydrogen) atoms. The molecule has 0 bridgehead atoms. The first-order valence-electron chi connectivity index (χ1n) is 9.87. The number of nitrogens with zero attached hydrogens (tertiary/aromatic N) is 1. The summed E-state index contributed by atoms with van der Waals surface area (Å²) in [7, 11) is 0. The van der Waals surface area contributed by atoms with Crippen molar-refractivity contribution in [1.29, 1.82) is 0 Å². The van der Waals surface area contributed by atoms with Gasteiger partial charge in [-0.3, -0.25) is 4.79 Å². The van der Waals surface area contributed by atoms with Crippen LogP contribution in [0.4, 0.5) is 0 Å². The average molecular weight is 429 g/mol. The Bertz CT molecular complexity index is 1210. The van der Waals surface area contributed by atoms with E-state index in [4.69, 9.17) is 27.1 Å². The molecule has 4 aromatic rings. The number of carbonyl (C=O) groups excluding carboxylic acids is 1. The lowest BCUT2D eigenvalue weighted by Gasteiger charge is -2.19. The Balaban J connectivity index is 1.91. The molecule has 0 atom stereocenters. The second-order valence-electron chi connectivity index (χ2n) is 7.15. The second-order valence-corrected chi connectivity index (χ2v) is 7.59. The molecule has 3 aromatic carbocycles. The maximum atomic E-state index is 12.4. The van der Waals surface area contributed by atoms with Gasteiger partial charge in [-0.1, -0.05) is 84.4 Å². The third-order valence-corrected chi connectivity index (χ3v) is 5.31. The van der Waals surface area contributed by atoms with E-state index in [0.29, 0.717) is 10.7 Å². The number of carbonyl (C=O) groups is 1. The number of ether oxygens (including phenoxy) is 1. The fourth-order valence-corrected chi connectivity index (χ4v) is 3.70. The number of pyridine rings is 1. The van der Waals surface area contributed by atoms with E-state index in [1.165, 1.54) is 0 Å². The first-order valence-corrected chi connectivity index (χ1v) is 10.2. The van der Waals surface area contributed by atoms with Crippen molar-refractivity contribution in [3.63, 3.8) is 0 Å². The summed E-state index contributed by atoms with van der Waals surface area (Å²) in [5.74, 6) is -0.355. The molecule has 154 valence electrons. The molecular weight excluding hydrogens is 408 g/mol. The minimum atomic E-state index is -0.576. The van der Waals surface area contributed by atoms with Crippen LogP contribution < -0.4 is 10.5 Å². The summed E-state index contributed by atoms with van der Waals surface area (Å²) in [4.78, 5) is 17.2. The first kappa shape index (κ1) is 20.6. The lowest BCUT2D eigenvalue weighted by molar-refractivity contribution is 0.0994. The molecule has 0 aliphatic heterocycles. The molecule has 1 heterocycles. The van der Waals surface area contributed by atoms with Gasteiger partial charge in [0.1, 0.15) is 12.2 Å². The Morgan fingerprint density at radius 1 is 0.903 bits per heavy atom. The van der Waals surface area contributed by atoms with Crippen LogP contribution in [0, 0.1) is 6.92 Å². The molecule has 1 aromatic heterocycles. The Morgan fingerprint density at radius 3 is 2.13 bits per heavy atom. The van der Waals surface area contributed by atoms with Crippen molar-refractivity contribution in [2.45, 2.75) is 13.5 Å². The van der Waals surface area contributed by atoms with E-state index in [0.717, 1.165) is 27.8 Å². The van der Waals surface area contributed by atoms with Crippen LogP contribution in [0.15, 0.2) is 84.9 Å². The highest BCUT2D eigenvalue weighted by molar-refractivity contribution is 6.30. The maximum Gasteiger partial charge on any atom is 0.254 e. The highest BCUT2D eigenvalue weighted by atomic mass is 35.5. The van der Waals surface area contributed by atoms with Crippen molar-refractivity contribution in [2.24, 2.45) is 5.73 Å². The van der Waals surface area contributed by atoms with Gasteiger partial charge in [-0.15, -0.1) is 0 Å². The van der Waals surface area contributed by atoms with Crippen LogP contribution in [-0.4, -0.2) is 10.9 Å². The van der Waals surface area contributed by atoms with Crippen molar-refractivity contribution in [3.8, 4) is 28.3 Å². The first-order chi connectivity index (χ1) is 15.0. The number of benzene rings is 3. The Labute approximate surface area is 186 Å². The number of amides is 1. The summed E-state index contributed by atoms with van der Waals surface area (Å²) in [6.07, 6.45) is 0. The van der Waals surface area contributed by atoms with Gasteiger partial charge in [0.25, 0.3) is 5.91 Å². The molecule has 5 heteroatoms. The molecule has 0 spiro atoms. The van der Waals surface area contributed by atoms with Gasteiger partial charge >= 0.3 is 0 Å². The number of halogens is 1.